The Balaban J connectivity index is 1.83. The summed E-state index contributed by atoms with van der Waals surface area (Å²) in [6, 6.07) is 12.8. The zero-order valence-electron chi connectivity index (χ0n) is 14.5. The van der Waals surface area contributed by atoms with Crippen LogP contribution in [0.1, 0.15) is 29.5 Å². The molecule has 0 bridgehead atoms. The zero-order valence-corrected chi connectivity index (χ0v) is 14.5. The molecule has 2 unspecified atom stereocenters. The Morgan fingerprint density at radius 3 is 2.56 bits per heavy atom. The maximum absolute atomic E-state index is 13.6. The summed E-state index contributed by atoms with van der Waals surface area (Å²) in [5, 5.41) is 3.11. The minimum absolute atomic E-state index is 0.0655. The molecule has 0 saturated carbocycles. The monoisotopic (exact) mass is 380 g/mol. The Hall–Kier alpha value is -2.41. The molecule has 1 heterocycles. The molecule has 1 amide bonds. The summed E-state index contributed by atoms with van der Waals surface area (Å²) in [6.45, 7) is 1.14. The fourth-order valence-electron chi connectivity index (χ4n) is 3.41. The van der Waals surface area contributed by atoms with Crippen molar-refractivity contribution in [3.05, 3.63) is 71.5 Å². The highest BCUT2D eigenvalue weighted by Crippen LogP contribution is 2.38. The Kier molecular flexibility index (Phi) is 5.79. The van der Waals surface area contributed by atoms with Gasteiger partial charge in [-0.15, -0.1) is 0 Å². The van der Waals surface area contributed by atoms with Gasteiger partial charge in [0.05, 0.1) is 12.0 Å². The molecule has 3 rings (SSSR count). The second-order valence-corrected chi connectivity index (χ2v) is 6.57. The molecule has 2 aromatic carbocycles. The Bertz CT molecular complexity index is 779. The van der Waals surface area contributed by atoms with Crippen LogP contribution in [-0.2, 0) is 4.79 Å². The summed E-state index contributed by atoms with van der Waals surface area (Å²) in [4.78, 5) is 14.2. The standard InChI is InChI=1S/C20H20F4N2O/c21-16-8-4-7-15(11-16)18-13-25-9-10-26(18)19(27)12-17(20(22,23)24)14-5-2-1-3-6-14/h1-8,11,17-18,25H,9-10,12-13H2. The van der Waals surface area contributed by atoms with E-state index in [0.29, 0.717) is 18.7 Å². The van der Waals surface area contributed by atoms with E-state index in [1.54, 1.807) is 12.1 Å². The van der Waals surface area contributed by atoms with Gasteiger partial charge in [-0.05, 0) is 23.3 Å². The number of piperazine rings is 1. The molecule has 0 aliphatic carbocycles. The number of alkyl halides is 3. The highest BCUT2D eigenvalue weighted by molar-refractivity contribution is 5.78. The molecular formula is C20H20F4N2O. The third-order valence-electron chi connectivity index (χ3n) is 4.77. The molecule has 2 aromatic rings. The summed E-state index contributed by atoms with van der Waals surface area (Å²) in [5.74, 6) is -2.89. The molecule has 27 heavy (non-hydrogen) atoms. The van der Waals surface area contributed by atoms with E-state index in [4.69, 9.17) is 0 Å². The molecule has 1 fully saturated rings. The van der Waals surface area contributed by atoms with Gasteiger partial charge in [0.1, 0.15) is 5.82 Å². The molecular weight excluding hydrogens is 360 g/mol. The lowest BCUT2D eigenvalue weighted by Crippen LogP contribution is -2.49. The van der Waals surface area contributed by atoms with E-state index >= 15 is 0 Å². The van der Waals surface area contributed by atoms with Gasteiger partial charge in [0.15, 0.2) is 0 Å². The van der Waals surface area contributed by atoms with Crippen molar-refractivity contribution >= 4 is 5.91 Å². The van der Waals surface area contributed by atoms with E-state index in [2.05, 4.69) is 5.32 Å². The van der Waals surface area contributed by atoms with Gasteiger partial charge in [-0.3, -0.25) is 4.79 Å². The van der Waals surface area contributed by atoms with E-state index in [9.17, 15) is 22.4 Å². The molecule has 1 saturated heterocycles. The Morgan fingerprint density at radius 2 is 1.89 bits per heavy atom. The van der Waals surface area contributed by atoms with Gasteiger partial charge in [-0.2, -0.15) is 13.2 Å². The molecule has 0 aromatic heterocycles. The van der Waals surface area contributed by atoms with Crippen molar-refractivity contribution in [2.75, 3.05) is 19.6 Å². The maximum atomic E-state index is 13.6. The average molecular weight is 380 g/mol. The molecule has 1 N–H and O–H groups in total. The molecule has 0 radical (unpaired) electrons. The molecule has 144 valence electrons. The zero-order chi connectivity index (χ0) is 19.4. The first-order valence-electron chi connectivity index (χ1n) is 8.73. The van der Waals surface area contributed by atoms with Crippen molar-refractivity contribution in [2.24, 2.45) is 0 Å². The highest BCUT2D eigenvalue weighted by Gasteiger charge is 2.43. The lowest BCUT2D eigenvalue weighted by molar-refractivity contribution is -0.162. The van der Waals surface area contributed by atoms with Crippen molar-refractivity contribution in [3.8, 4) is 0 Å². The fraction of sp³-hybridized carbons (Fsp3) is 0.350. The van der Waals surface area contributed by atoms with Crippen LogP contribution in [0.3, 0.4) is 0 Å². The molecule has 7 heteroatoms. The van der Waals surface area contributed by atoms with Gasteiger partial charge in [0.25, 0.3) is 0 Å². The van der Waals surface area contributed by atoms with Gasteiger partial charge >= 0.3 is 6.18 Å². The normalized spacial score (nSPS) is 19.0. The number of hydrogen-bond acceptors (Lipinski definition) is 2. The number of amides is 1. The van der Waals surface area contributed by atoms with Crippen LogP contribution in [0.15, 0.2) is 54.6 Å². The van der Waals surface area contributed by atoms with Crippen LogP contribution in [0, 0.1) is 5.82 Å². The van der Waals surface area contributed by atoms with Crippen LogP contribution in [0.5, 0.6) is 0 Å². The highest BCUT2D eigenvalue weighted by atomic mass is 19.4. The van der Waals surface area contributed by atoms with E-state index in [1.807, 2.05) is 0 Å². The summed E-state index contributed by atoms with van der Waals surface area (Å²) >= 11 is 0. The van der Waals surface area contributed by atoms with Crippen LogP contribution < -0.4 is 5.32 Å². The van der Waals surface area contributed by atoms with Gasteiger partial charge in [-0.1, -0.05) is 42.5 Å². The van der Waals surface area contributed by atoms with Crippen LogP contribution in [0.25, 0.3) is 0 Å². The first kappa shape index (κ1) is 19.4. The number of benzene rings is 2. The number of carbonyl (C=O) groups is 1. The summed E-state index contributed by atoms with van der Waals surface area (Å²) in [6.07, 6.45) is -5.20. The summed E-state index contributed by atoms with van der Waals surface area (Å²) in [7, 11) is 0. The van der Waals surface area contributed by atoms with Crippen molar-refractivity contribution in [2.45, 2.75) is 24.6 Å². The van der Waals surface area contributed by atoms with Crippen LogP contribution in [0.4, 0.5) is 17.6 Å². The minimum Gasteiger partial charge on any atom is -0.333 e. The maximum Gasteiger partial charge on any atom is 0.396 e. The molecule has 1 aliphatic heterocycles. The largest absolute Gasteiger partial charge is 0.396 e. The Labute approximate surface area is 155 Å². The van der Waals surface area contributed by atoms with Crippen molar-refractivity contribution < 1.29 is 22.4 Å². The van der Waals surface area contributed by atoms with Crippen molar-refractivity contribution in [1.29, 1.82) is 0 Å². The molecule has 0 spiro atoms. The molecule has 3 nitrogen and oxygen atoms in total. The average Bonchev–Trinajstić information content (AvgIpc) is 2.65. The molecule has 2 atom stereocenters. The van der Waals surface area contributed by atoms with E-state index in [-0.39, 0.29) is 12.1 Å². The second kappa shape index (κ2) is 8.08. The van der Waals surface area contributed by atoms with Crippen molar-refractivity contribution in [1.82, 2.24) is 10.2 Å². The van der Waals surface area contributed by atoms with Gasteiger partial charge in [0.2, 0.25) is 5.91 Å². The lowest BCUT2D eigenvalue weighted by atomic mass is 9.93. The van der Waals surface area contributed by atoms with Crippen LogP contribution >= 0.6 is 0 Å². The topological polar surface area (TPSA) is 32.3 Å². The van der Waals surface area contributed by atoms with E-state index in [0.717, 1.165) is 0 Å². The number of nitrogens with zero attached hydrogens (tertiary/aromatic N) is 1. The third-order valence-corrected chi connectivity index (χ3v) is 4.77. The fourth-order valence-corrected chi connectivity index (χ4v) is 3.41. The number of halogens is 4. The summed E-state index contributed by atoms with van der Waals surface area (Å²) < 4.78 is 54.3. The van der Waals surface area contributed by atoms with Crippen molar-refractivity contribution in [3.63, 3.8) is 0 Å². The quantitative estimate of drug-likeness (QED) is 0.813. The van der Waals surface area contributed by atoms with Gasteiger partial charge in [0, 0.05) is 26.1 Å². The first-order valence-corrected chi connectivity index (χ1v) is 8.73. The third kappa shape index (κ3) is 4.66. The smallest absolute Gasteiger partial charge is 0.333 e. The number of nitrogens with one attached hydrogen (secondary N) is 1. The second-order valence-electron chi connectivity index (χ2n) is 6.57. The Morgan fingerprint density at radius 1 is 1.15 bits per heavy atom. The van der Waals surface area contributed by atoms with Crippen LogP contribution in [0.2, 0.25) is 0 Å². The summed E-state index contributed by atoms with van der Waals surface area (Å²) in [5.41, 5.74) is 0.634. The predicted molar refractivity (Wildman–Crippen MR) is 93.6 cm³/mol. The number of hydrogen-bond donors (Lipinski definition) is 1. The van der Waals surface area contributed by atoms with Gasteiger partial charge in [-0.25, -0.2) is 4.39 Å². The van der Waals surface area contributed by atoms with Gasteiger partial charge < -0.3 is 10.2 Å². The lowest BCUT2D eigenvalue weighted by Gasteiger charge is -2.37. The first-order chi connectivity index (χ1) is 12.9. The number of rotatable bonds is 4. The molecule has 1 aliphatic rings. The minimum atomic E-state index is -4.53. The van der Waals surface area contributed by atoms with E-state index < -0.39 is 36.3 Å². The number of carbonyl (C=O) groups excluding carboxylic acids is 1. The van der Waals surface area contributed by atoms with E-state index in [1.165, 1.54) is 47.4 Å². The predicted octanol–water partition coefficient (Wildman–Crippen LogP) is 4.03. The van der Waals surface area contributed by atoms with Crippen LogP contribution in [-0.4, -0.2) is 36.6 Å². The SMILES string of the molecule is O=C(CC(c1ccccc1)C(F)(F)F)N1CCNCC1c1cccc(F)c1.